The first-order valence-corrected chi connectivity index (χ1v) is 19.7. The summed E-state index contributed by atoms with van der Waals surface area (Å²) >= 11 is 0. The van der Waals surface area contributed by atoms with E-state index >= 15 is 0 Å². The molecule has 4 atom stereocenters. The van der Waals surface area contributed by atoms with E-state index in [1.165, 1.54) is 13.3 Å². The Morgan fingerprint density at radius 1 is 0.945 bits per heavy atom. The number of fused-ring (bicyclic) bond motifs is 1. The number of imidazole rings is 1. The van der Waals surface area contributed by atoms with Crippen molar-refractivity contribution in [1.29, 1.82) is 0 Å². The summed E-state index contributed by atoms with van der Waals surface area (Å²) in [5, 5.41) is 5.46. The van der Waals surface area contributed by atoms with Gasteiger partial charge < -0.3 is 39.1 Å². The summed E-state index contributed by atoms with van der Waals surface area (Å²) in [5.74, 6) is -0.700. The molecule has 55 heavy (non-hydrogen) atoms. The molecule has 2 aromatic heterocycles. The lowest BCUT2D eigenvalue weighted by molar-refractivity contribution is -0.151. The molecule has 5 rings (SSSR count). The van der Waals surface area contributed by atoms with Crippen LogP contribution in [0.2, 0.25) is 0 Å². The molecule has 0 saturated heterocycles. The van der Waals surface area contributed by atoms with Crippen LogP contribution in [0.4, 0.5) is 10.6 Å². The molecule has 1 amide bonds. The second-order valence-corrected chi connectivity index (χ2v) is 15.5. The number of ether oxygens (including phenoxy) is 4. The van der Waals surface area contributed by atoms with Gasteiger partial charge in [-0.25, -0.2) is 29.6 Å². The van der Waals surface area contributed by atoms with Crippen molar-refractivity contribution in [3.8, 4) is 5.75 Å². The molecular weight excluding hydrogens is 753 g/mol. The highest BCUT2D eigenvalue weighted by Crippen LogP contribution is 2.44. The van der Waals surface area contributed by atoms with E-state index in [0.29, 0.717) is 23.3 Å². The number of nitrogens with one attached hydrogen (secondary N) is 2. The molecule has 1 saturated carbocycles. The van der Waals surface area contributed by atoms with Crippen molar-refractivity contribution in [2.75, 3.05) is 12.1 Å². The van der Waals surface area contributed by atoms with Crippen molar-refractivity contribution in [3.63, 3.8) is 0 Å². The third-order valence-corrected chi connectivity index (χ3v) is 10.3. The number of benzene rings is 2. The summed E-state index contributed by atoms with van der Waals surface area (Å²) in [4.78, 5) is 51.2. The molecule has 18 heteroatoms. The Hall–Kier alpha value is -4.76. The monoisotopic (exact) mass is 801 g/mol. The van der Waals surface area contributed by atoms with Crippen LogP contribution in [0.3, 0.4) is 0 Å². The summed E-state index contributed by atoms with van der Waals surface area (Å²) in [6.07, 6.45) is 4.29. The Balaban J connectivity index is 0.00000673. The van der Waals surface area contributed by atoms with E-state index < -0.39 is 50.1 Å². The SMILES string of the molecule is CC(C)OC(=O)[C@H](C)N[P@](=O)(CO[C@H](C)Cn1cnc2c(N)ncnc21)Oc1ccc(C[C@H](NC(=O)OCc2ccccc2)C(=O)OC2CCCC2)cc1.Cl. The Kier molecular flexibility index (Phi) is 15.8. The van der Waals surface area contributed by atoms with Crippen molar-refractivity contribution in [2.24, 2.45) is 0 Å². The Bertz CT molecular complexity index is 1910. The van der Waals surface area contributed by atoms with Crippen LogP contribution >= 0.6 is 19.9 Å². The van der Waals surface area contributed by atoms with Crippen LogP contribution in [0.15, 0.2) is 67.3 Å². The molecule has 16 nitrogen and oxygen atoms in total. The largest absolute Gasteiger partial charge is 0.462 e. The summed E-state index contributed by atoms with van der Waals surface area (Å²) in [6, 6.07) is 13.7. The topological polar surface area (TPSA) is 208 Å². The number of esters is 2. The van der Waals surface area contributed by atoms with Crippen molar-refractivity contribution in [1.82, 2.24) is 29.9 Å². The van der Waals surface area contributed by atoms with Crippen LogP contribution in [0.1, 0.15) is 64.5 Å². The second-order valence-electron chi connectivity index (χ2n) is 13.5. The number of carbonyl (C=O) groups excluding carboxylic acids is 3. The van der Waals surface area contributed by atoms with Crippen LogP contribution in [-0.2, 0) is 52.7 Å². The number of rotatable bonds is 18. The molecule has 2 aromatic carbocycles. The lowest BCUT2D eigenvalue weighted by Crippen LogP contribution is -2.44. The third kappa shape index (κ3) is 12.9. The lowest BCUT2D eigenvalue weighted by Gasteiger charge is -2.25. The van der Waals surface area contributed by atoms with E-state index in [1.54, 1.807) is 55.9 Å². The molecule has 0 bridgehead atoms. The lowest BCUT2D eigenvalue weighted by atomic mass is 10.1. The minimum atomic E-state index is -3.91. The third-order valence-electron chi connectivity index (χ3n) is 8.50. The van der Waals surface area contributed by atoms with Gasteiger partial charge in [0.1, 0.15) is 48.7 Å². The summed E-state index contributed by atoms with van der Waals surface area (Å²) in [5.41, 5.74) is 8.36. The summed E-state index contributed by atoms with van der Waals surface area (Å²) in [6.45, 7) is 7.08. The van der Waals surface area contributed by atoms with Crippen LogP contribution in [0.25, 0.3) is 11.2 Å². The first-order chi connectivity index (χ1) is 25.9. The minimum absolute atomic E-state index is 0. The van der Waals surface area contributed by atoms with Crippen LogP contribution in [0, 0.1) is 0 Å². The van der Waals surface area contributed by atoms with Gasteiger partial charge in [0.25, 0.3) is 0 Å². The van der Waals surface area contributed by atoms with E-state index in [1.807, 2.05) is 30.3 Å². The molecule has 4 N–H and O–H groups in total. The Morgan fingerprint density at radius 3 is 2.35 bits per heavy atom. The van der Waals surface area contributed by atoms with Gasteiger partial charge in [-0.3, -0.25) is 9.36 Å². The maximum Gasteiger partial charge on any atom is 0.408 e. The van der Waals surface area contributed by atoms with Gasteiger partial charge in [-0.15, -0.1) is 12.4 Å². The molecule has 0 radical (unpaired) electrons. The number of hydrogen-bond donors (Lipinski definition) is 3. The molecule has 2 heterocycles. The van der Waals surface area contributed by atoms with Gasteiger partial charge in [-0.1, -0.05) is 42.5 Å². The number of hydrogen-bond acceptors (Lipinski definition) is 13. The molecule has 4 aromatic rings. The van der Waals surface area contributed by atoms with Gasteiger partial charge in [0.2, 0.25) is 0 Å². The van der Waals surface area contributed by atoms with Gasteiger partial charge in [-0.05, 0) is 76.6 Å². The van der Waals surface area contributed by atoms with Crippen LogP contribution in [0.5, 0.6) is 5.75 Å². The zero-order valence-electron chi connectivity index (χ0n) is 31.3. The van der Waals surface area contributed by atoms with Crippen molar-refractivity contribution in [2.45, 2.75) is 103 Å². The smallest absolute Gasteiger partial charge is 0.408 e. The fourth-order valence-corrected chi connectivity index (χ4v) is 7.59. The number of nitrogens with two attached hydrogens (primary N) is 1. The zero-order valence-corrected chi connectivity index (χ0v) is 33.0. The van der Waals surface area contributed by atoms with Gasteiger partial charge in [0.05, 0.1) is 25.1 Å². The molecule has 1 aliphatic carbocycles. The fraction of sp³-hybridized carbons (Fsp3) is 0.459. The summed E-state index contributed by atoms with van der Waals surface area (Å²) in [7, 11) is -3.91. The first kappa shape index (κ1) is 43.0. The zero-order chi connectivity index (χ0) is 38.7. The molecule has 298 valence electrons. The first-order valence-electron chi connectivity index (χ1n) is 17.9. The number of halogens is 1. The van der Waals surface area contributed by atoms with E-state index in [-0.39, 0.29) is 49.2 Å². The van der Waals surface area contributed by atoms with Crippen molar-refractivity contribution < 1.29 is 42.4 Å². The van der Waals surface area contributed by atoms with Gasteiger partial charge in [-0.2, -0.15) is 0 Å². The Morgan fingerprint density at radius 2 is 1.65 bits per heavy atom. The van der Waals surface area contributed by atoms with E-state index in [9.17, 15) is 18.9 Å². The highest BCUT2D eigenvalue weighted by Gasteiger charge is 2.33. The van der Waals surface area contributed by atoms with Crippen molar-refractivity contribution >= 4 is 54.9 Å². The standard InChI is InChI=1S/C37H48N7O9P.ClH/c1-24(2)51-35(45)26(4)43-54(48,23-50-25(3)19-44-22-41-32-33(38)39-21-40-34(32)44)53-30-16-14-27(15-17-30)18-31(36(46)52-29-12-8-9-13-29)42-37(47)49-20-28-10-6-5-7-11-28;/h5-7,10-11,14-17,21-22,24-26,29,31H,8-9,12-13,18-20,23H2,1-4H3,(H,42,47)(H,43,48)(H2,38,39,40);1H/t25-,26+,31+,54+;/m1./s1. The predicted molar refractivity (Wildman–Crippen MR) is 207 cm³/mol. The van der Waals surface area contributed by atoms with Crippen LogP contribution in [-0.4, -0.2) is 74.3 Å². The number of amides is 1. The molecule has 0 aliphatic heterocycles. The number of alkyl carbamates (subject to hydrolysis) is 1. The molecule has 1 fully saturated rings. The predicted octanol–water partition coefficient (Wildman–Crippen LogP) is 5.72. The van der Waals surface area contributed by atoms with Crippen LogP contribution < -0.4 is 20.7 Å². The molecule has 0 spiro atoms. The van der Waals surface area contributed by atoms with Gasteiger partial charge >= 0.3 is 25.6 Å². The van der Waals surface area contributed by atoms with E-state index in [0.717, 1.165) is 31.2 Å². The second kappa shape index (κ2) is 20.2. The minimum Gasteiger partial charge on any atom is -0.462 e. The maximum atomic E-state index is 14.3. The number of aromatic nitrogens is 4. The van der Waals surface area contributed by atoms with E-state index in [4.69, 9.17) is 29.2 Å². The summed E-state index contributed by atoms with van der Waals surface area (Å²) < 4.78 is 44.5. The maximum absolute atomic E-state index is 14.3. The highest BCUT2D eigenvalue weighted by atomic mass is 35.5. The van der Waals surface area contributed by atoms with Gasteiger partial charge in [0.15, 0.2) is 11.5 Å². The van der Waals surface area contributed by atoms with E-state index in [2.05, 4.69) is 25.4 Å². The average Bonchev–Trinajstić information content (AvgIpc) is 3.81. The molecular formula is C37H49ClN7O9P. The quantitative estimate of drug-likeness (QED) is 0.0625. The number of anilines is 1. The Labute approximate surface area is 326 Å². The fourth-order valence-electron chi connectivity index (χ4n) is 5.80. The number of nitrogens with zero attached hydrogens (tertiary/aromatic N) is 4. The normalized spacial score (nSPS) is 15.7. The molecule has 1 aliphatic rings. The number of carbonyl (C=O) groups is 3. The average molecular weight is 802 g/mol. The molecule has 0 unspecified atom stereocenters. The highest BCUT2D eigenvalue weighted by molar-refractivity contribution is 7.57. The van der Waals surface area contributed by atoms with Crippen molar-refractivity contribution in [3.05, 3.63) is 78.4 Å². The number of nitrogen functional groups attached to an aromatic ring is 1. The van der Waals surface area contributed by atoms with Gasteiger partial charge in [0, 0.05) is 6.42 Å².